The predicted octanol–water partition coefficient (Wildman–Crippen LogP) is 5.02. The van der Waals surface area contributed by atoms with Crippen LogP contribution in [0.1, 0.15) is 67.8 Å². The van der Waals surface area contributed by atoms with E-state index in [9.17, 15) is 29.8 Å². The highest BCUT2D eigenvalue weighted by atomic mass is 35.5. The van der Waals surface area contributed by atoms with Gasteiger partial charge >= 0.3 is 12.1 Å². The van der Waals surface area contributed by atoms with E-state index < -0.39 is 41.3 Å². The van der Waals surface area contributed by atoms with Gasteiger partial charge in [0.25, 0.3) is 10.2 Å². The van der Waals surface area contributed by atoms with Crippen LogP contribution in [0.25, 0.3) is 22.5 Å². The van der Waals surface area contributed by atoms with E-state index >= 15 is 0 Å². The van der Waals surface area contributed by atoms with Crippen molar-refractivity contribution in [3.05, 3.63) is 91.0 Å². The quantitative estimate of drug-likeness (QED) is 0.0382. The number of benzene rings is 2. The summed E-state index contributed by atoms with van der Waals surface area (Å²) < 4.78 is 17.1. The van der Waals surface area contributed by atoms with E-state index in [1.54, 1.807) is 4.57 Å². The molecule has 0 radical (unpaired) electrons. The summed E-state index contributed by atoms with van der Waals surface area (Å²) in [6.45, 7) is 2.81. The lowest BCUT2D eigenvalue weighted by molar-refractivity contribution is -0.790. The molecule has 2 atom stereocenters. The molecule has 0 saturated carbocycles. The standard InChI is InChI=1S/C31H34ClN8O11/c1-3-4-12-26-33-28(32)27(30(41)49-20(2)50-31(42)47-17-8-7-9-23(51-40(45)46)19-48-39(43)44)38(26)18-21-13-15-22(16-14-21)24-10-5-6-11-25(24)29-34-36-37-35-29/h5-6,10-11,13-16,20,23H,3-4,7-9,12,17-19H2,1-2H3/q-1/t20?,23-/m0/s1. The van der Waals surface area contributed by atoms with Gasteiger partial charge in [0.2, 0.25) is 6.29 Å². The highest BCUT2D eigenvalue weighted by Crippen LogP contribution is 2.30. The first-order chi connectivity index (χ1) is 24.5. The number of aryl methyl sites for hydroxylation is 1. The number of carbonyl (C=O) groups is 2. The van der Waals surface area contributed by atoms with Gasteiger partial charge in [-0.05, 0) is 47.9 Å². The van der Waals surface area contributed by atoms with Crippen molar-refractivity contribution in [2.45, 2.75) is 71.3 Å². The van der Waals surface area contributed by atoms with Crippen LogP contribution in [0.5, 0.6) is 0 Å². The molecular formula is C31H34ClN8O11-. The van der Waals surface area contributed by atoms with Gasteiger partial charge in [0.1, 0.15) is 18.5 Å². The summed E-state index contributed by atoms with van der Waals surface area (Å²) in [5, 5.41) is 33.8. The molecule has 1 unspecified atom stereocenters. The van der Waals surface area contributed by atoms with Gasteiger partial charge in [-0.25, -0.2) is 14.6 Å². The van der Waals surface area contributed by atoms with Gasteiger partial charge < -0.3 is 33.6 Å². The number of carbonyl (C=O) groups excluding carboxylic acids is 2. The van der Waals surface area contributed by atoms with Crippen LogP contribution >= 0.6 is 11.6 Å². The number of tetrazole rings is 1. The maximum Gasteiger partial charge on any atom is 0.511 e. The molecule has 4 aromatic rings. The summed E-state index contributed by atoms with van der Waals surface area (Å²) in [7, 11) is 0. The SMILES string of the molecule is CCCCc1nc(Cl)c(C(=O)OC(C)OC(=O)OCCCC[C@@H](CO[N+](=O)[O-])O[N+](=O)[O-])n1Cc1ccc(-c2ccccc2-c2nnn[n-]2)cc1. The number of unbranched alkanes of at least 4 members (excludes halogenated alkanes) is 2. The lowest BCUT2D eigenvalue weighted by atomic mass is 9.98. The van der Waals surface area contributed by atoms with Crippen molar-refractivity contribution in [3.63, 3.8) is 0 Å². The monoisotopic (exact) mass is 729 g/mol. The fourth-order valence-corrected chi connectivity index (χ4v) is 5.25. The van der Waals surface area contributed by atoms with Crippen molar-refractivity contribution < 1.29 is 43.6 Å². The van der Waals surface area contributed by atoms with Gasteiger partial charge in [-0.3, -0.25) is 10.3 Å². The van der Waals surface area contributed by atoms with Crippen LogP contribution in [0.15, 0.2) is 48.5 Å². The zero-order valence-corrected chi connectivity index (χ0v) is 28.3. The van der Waals surface area contributed by atoms with E-state index in [-0.39, 0.29) is 43.3 Å². The number of halogens is 1. The number of esters is 1. The molecule has 51 heavy (non-hydrogen) atoms. The topological polar surface area (TPSA) is 237 Å². The van der Waals surface area contributed by atoms with E-state index in [1.165, 1.54) is 6.92 Å². The third-order valence-corrected chi connectivity index (χ3v) is 7.58. The Kier molecular flexibility index (Phi) is 14.0. The minimum absolute atomic E-state index is 0.0121. The molecule has 272 valence electrons. The van der Waals surface area contributed by atoms with Gasteiger partial charge in [-0.15, -0.1) is 20.2 Å². The first kappa shape index (κ1) is 38.0. The van der Waals surface area contributed by atoms with E-state index in [0.717, 1.165) is 35.1 Å². The normalized spacial score (nSPS) is 12.1. The van der Waals surface area contributed by atoms with Crippen molar-refractivity contribution in [1.82, 2.24) is 30.2 Å². The van der Waals surface area contributed by atoms with E-state index in [1.807, 2.05) is 55.5 Å². The Balaban J connectivity index is 1.36. The Bertz CT molecular complexity index is 1770. The average molecular weight is 730 g/mol. The molecule has 0 saturated heterocycles. The molecule has 0 aliphatic carbocycles. The van der Waals surface area contributed by atoms with Crippen molar-refractivity contribution in [3.8, 4) is 22.5 Å². The maximum atomic E-state index is 13.3. The minimum atomic E-state index is -1.36. The van der Waals surface area contributed by atoms with Crippen molar-refractivity contribution in [1.29, 1.82) is 0 Å². The lowest BCUT2D eigenvalue weighted by Gasteiger charge is -2.16. The number of nitrogens with zero attached hydrogens (tertiary/aromatic N) is 8. The third-order valence-electron chi connectivity index (χ3n) is 7.32. The molecule has 2 aromatic carbocycles. The smallest absolute Gasteiger partial charge is 0.434 e. The van der Waals surface area contributed by atoms with Crippen molar-refractivity contribution in [2.24, 2.45) is 0 Å². The van der Waals surface area contributed by atoms with Crippen LogP contribution in [-0.4, -0.2) is 73.0 Å². The number of hydrogen-bond acceptors (Lipinski definition) is 15. The van der Waals surface area contributed by atoms with Crippen LogP contribution in [-0.2, 0) is 36.9 Å². The van der Waals surface area contributed by atoms with Gasteiger partial charge in [0, 0.05) is 25.7 Å². The minimum Gasteiger partial charge on any atom is -0.434 e. The molecule has 0 aliphatic rings. The predicted molar refractivity (Wildman–Crippen MR) is 175 cm³/mol. The number of ether oxygens (including phenoxy) is 3. The average Bonchev–Trinajstić information content (AvgIpc) is 3.74. The van der Waals surface area contributed by atoms with Gasteiger partial charge in [-0.2, -0.15) is 5.21 Å². The maximum absolute atomic E-state index is 13.3. The molecule has 0 amide bonds. The zero-order chi connectivity index (χ0) is 36.8. The molecule has 0 aliphatic heterocycles. The first-order valence-electron chi connectivity index (χ1n) is 15.8. The Morgan fingerprint density at radius 2 is 1.75 bits per heavy atom. The van der Waals surface area contributed by atoms with Crippen LogP contribution in [0.2, 0.25) is 5.15 Å². The Labute approximate surface area is 295 Å². The fraction of sp³-hybridized carbons (Fsp3) is 0.419. The van der Waals surface area contributed by atoms with Crippen molar-refractivity contribution >= 4 is 23.7 Å². The van der Waals surface area contributed by atoms with Crippen molar-refractivity contribution in [2.75, 3.05) is 13.2 Å². The highest BCUT2D eigenvalue weighted by Gasteiger charge is 2.26. The lowest BCUT2D eigenvalue weighted by Crippen LogP contribution is -2.25. The van der Waals surface area contributed by atoms with Crippen LogP contribution < -0.4 is 5.10 Å². The molecular weight excluding hydrogens is 696 g/mol. The summed E-state index contributed by atoms with van der Waals surface area (Å²) in [5.74, 6) is 0.126. The molecule has 4 rings (SSSR count). The van der Waals surface area contributed by atoms with E-state index in [0.29, 0.717) is 18.1 Å². The molecule has 19 nitrogen and oxygen atoms in total. The Morgan fingerprint density at radius 3 is 2.41 bits per heavy atom. The van der Waals surface area contributed by atoms with E-state index in [2.05, 4.69) is 35.3 Å². The van der Waals surface area contributed by atoms with Gasteiger partial charge in [0.05, 0.1) is 6.61 Å². The van der Waals surface area contributed by atoms with Crippen LogP contribution in [0, 0.1) is 20.2 Å². The zero-order valence-electron chi connectivity index (χ0n) is 27.6. The van der Waals surface area contributed by atoms with Gasteiger partial charge in [0.15, 0.2) is 10.8 Å². The number of aromatic nitrogens is 6. The summed E-state index contributed by atoms with van der Waals surface area (Å²) in [6, 6.07) is 15.3. The molecule has 0 bridgehead atoms. The van der Waals surface area contributed by atoms with E-state index in [4.69, 9.17) is 25.8 Å². The molecule has 0 spiro atoms. The number of rotatable bonds is 20. The van der Waals surface area contributed by atoms with Crippen LogP contribution in [0.4, 0.5) is 4.79 Å². The summed E-state index contributed by atoms with van der Waals surface area (Å²) >= 11 is 6.46. The third kappa shape index (κ3) is 11.3. The molecule has 0 N–H and O–H groups in total. The largest absolute Gasteiger partial charge is 0.511 e. The highest BCUT2D eigenvalue weighted by molar-refractivity contribution is 6.32. The summed E-state index contributed by atoms with van der Waals surface area (Å²) in [5.41, 5.74) is 3.41. The van der Waals surface area contributed by atoms with Gasteiger partial charge in [-0.1, -0.05) is 73.5 Å². The first-order valence-corrected chi connectivity index (χ1v) is 16.2. The summed E-state index contributed by atoms with van der Waals surface area (Å²) in [6.07, 6.45) is -0.951. The molecule has 20 heteroatoms. The Morgan fingerprint density at radius 1 is 1.00 bits per heavy atom. The second kappa shape index (κ2) is 18.8. The molecule has 2 heterocycles. The number of hydrogen-bond donors (Lipinski definition) is 0. The number of imidazole rings is 1. The Hall–Kier alpha value is -5.85. The second-order valence-electron chi connectivity index (χ2n) is 11.0. The second-order valence-corrected chi connectivity index (χ2v) is 11.3. The fourth-order valence-electron chi connectivity index (χ4n) is 4.97. The molecule has 2 aromatic heterocycles. The summed E-state index contributed by atoms with van der Waals surface area (Å²) in [4.78, 5) is 59.4. The van der Waals surface area contributed by atoms with Crippen LogP contribution in [0.3, 0.4) is 0 Å². The molecule has 0 fully saturated rings.